The zero-order valence-electron chi connectivity index (χ0n) is 8.34. The van der Waals surface area contributed by atoms with Crippen LogP contribution in [0.25, 0.3) is 0 Å². The first-order valence-corrected chi connectivity index (χ1v) is 6.33. The summed E-state index contributed by atoms with van der Waals surface area (Å²) in [6, 6.07) is 0. The highest BCUT2D eigenvalue weighted by Gasteiger charge is 2.16. The van der Waals surface area contributed by atoms with Gasteiger partial charge in [-0.05, 0) is 36.7 Å². The molecule has 3 heteroatoms. The third-order valence-electron chi connectivity index (χ3n) is 2.30. The van der Waals surface area contributed by atoms with Crippen molar-refractivity contribution in [3.8, 4) is 0 Å². The van der Waals surface area contributed by atoms with Gasteiger partial charge >= 0.3 is 0 Å². The molecule has 0 aliphatic carbocycles. The van der Waals surface area contributed by atoms with E-state index in [-0.39, 0.29) is 5.91 Å². The van der Waals surface area contributed by atoms with Crippen molar-refractivity contribution >= 4 is 17.7 Å². The van der Waals surface area contributed by atoms with Crippen LogP contribution >= 0.6 is 11.8 Å². The highest BCUT2D eigenvalue weighted by molar-refractivity contribution is 7.99. The average molecular weight is 201 g/mol. The molecule has 0 aromatic carbocycles. The number of hydrogen-bond donors (Lipinski definition) is 1. The maximum absolute atomic E-state index is 11.3. The maximum Gasteiger partial charge on any atom is 0.220 e. The standard InChI is InChI=1S/C10H19NOS/c1-2-5-11-10(12)7-9-4-3-6-13-8-9/h9H,2-8H2,1H3,(H,11,12). The van der Waals surface area contributed by atoms with Gasteiger partial charge in [-0.3, -0.25) is 4.79 Å². The van der Waals surface area contributed by atoms with Crippen molar-refractivity contribution in [3.05, 3.63) is 0 Å². The molecular weight excluding hydrogens is 182 g/mol. The Hall–Kier alpha value is -0.180. The van der Waals surface area contributed by atoms with E-state index in [1.807, 2.05) is 11.8 Å². The molecule has 0 aromatic heterocycles. The Labute approximate surface area is 84.9 Å². The Bertz CT molecular complexity index is 155. The van der Waals surface area contributed by atoms with Crippen molar-refractivity contribution < 1.29 is 4.79 Å². The van der Waals surface area contributed by atoms with Gasteiger partial charge in [-0.25, -0.2) is 0 Å². The summed E-state index contributed by atoms with van der Waals surface area (Å²) in [6.45, 7) is 2.91. The lowest BCUT2D eigenvalue weighted by Crippen LogP contribution is -2.27. The van der Waals surface area contributed by atoms with Crippen molar-refractivity contribution in [2.75, 3.05) is 18.1 Å². The van der Waals surface area contributed by atoms with Crippen LogP contribution in [0.1, 0.15) is 32.6 Å². The van der Waals surface area contributed by atoms with Gasteiger partial charge in [0.1, 0.15) is 0 Å². The molecule has 1 N–H and O–H groups in total. The molecule has 1 heterocycles. The average Bonchev–Trinajstić information content (AvgIpc) is 2.16. The summed E-state index contributed by atoms with van der Waals surface area (Å²) in [6.07, 6.45) is 4.31. The smallest absolute Gasteiger partial charge is 0.220 e. The van der Waals surface area contributed by atoms with Gasteiger partial charge < -0.3 is 5.32 Å². The monoisotopic (exact) mass is 201 g/mol. The summed E-state index contributed by atoms with van der Waals surface area (Å²) < 4.78 is 0. The summed E-state index contributed by atoms with van der Waals surface area (Å²) in [7, 11) is 0. The predicted molar refractivity (Wildman–Crippen MR) is 58.0 cm³/mol. The van der Waals surface area contributed by atoms with Gasteiger partial charge in [0.15, 0.2) is 0 Å². The first-order valence-electron chi connectivity index (χ1n) is 5.17. The summed E-state index contributed by atoms with van der Waals surface area (Å²) in [5.74, 6) is 3.34. The quantitative estimate of drug-likeness (QED) is 0.754. The van der Waals surface area contributed by atoms with Crippen LogP contribution in [0.3, 0.4) is 0 Å². The van der Waals surface area contributed by atoms with Gasteiger partial charge in [0.25, 0.3) is 0 Å². The number of rotatable bonds is 4. The number of amides is 1. The van der Waals surface area contributed by atoms with E-state index >= 15 is 0 Å². The molecule has 1 aliphatic rings. The van der Waals surface area contributed by atoms with E-state index in [1.165, 1.54) is 24.3 Å². The van der Waals surface area contributed by atoms with Crippen LogP contribution < -0.4 is 5.32 Å². The van der Waals surface area contributed by atoms with E-state index in [2.05, 4.69) is 12.2 Å². The molecule has 76 valence electrons. The molecule has 1 rings (SSSR count). The van der Waals surface area contributed by atoms with Crippen LogP contribution in [0.5, 0.6) is 0 Å². The van der Waals surface area contributed by atoms with Crippen LogP contribution in [0.2, 0.25) is 0 Å². The van der Waals surface area contributed by atoms with Crippen LogP contribution in [0.4, 0.5) is 0 Å². The number of carbonyl (C=O) groups excluding carboxylic acids is 1. The van der Waals surface area contributed by atoms with Crippen molar-refractivity contribution in [3.63, 3.8) is 0 Å². The van der Waals surface area contributed by atoms with Gasteiger partial charge in [-0.2, -0.15) is 11.8 Å². The third kappa shape index (κ3) is 4.55. The molecule has 1 amide bonds. The van der Waals surface area contributed by atoms with Crippen molar-refractivity contribution in [2.24, 2.45) is 5.92 Å². The van der Waals surface area contributed by atoms with Gasteiger partial charge in [0, 0.05) is 13.0 Å². The molecule has 1 saturated heterocycles. The zero-order chi connectivity index (χ0) is 9.52. The normalized spacial score (nSPS) is 22.7. The van der Waals surface area contributed by atoms with E-state index in [4.69, 9.17) is 0 Å². The van der Waals surface area contributed by atoms with Crippen LogP contribution in [-0.2, 0) is 4.79 Å². The number of nitrogens with one attached hydrogen (secondary N) is 1. The fourth-order valence-electron chi connectivity index (χ4n) is 1.57. The Morgan fingerprint density at radius 2 is 2.46 bits per heavy atom. The molecule has 0 aromatic rings. The summed E-state index contributed by atoms with van der Waals surface area (Å²) in [5.41, 5.74) is 0. The number of carbonyl (C=O) groups is 1. The van der Waals surface area contributed by atoms with Gasteiger partial charge in [-0.15, -0.1) is 0 Å². The molecule has 1 unspecified atom stereocenters. The van der Waals surface area contributed by atoms with Crippen molar-refractivity contribution in [1.29, 1.82) is 0 Å². The molecule has 0 saturated carbocycles. The molecule has 1 aliphatic heterocycles. The van der Waals surface area contributed by atoms with Crippen LogP contribution in [0.15, 0.2) is 0 Å². The highest BCUT2D eigenvalue weighted by Crippen LogP contribution is 2.24. The topological polar surface area (TPSA) is 29.1 Å². The lowest BCUT2D eigenvalue weighted by Gasteiger charge is -2.20. The number of hydrogen-bond acceptors (Lipinski definition) is 2. The second kappa shape index (κ2) is 6.30. The molecular formula is C10H19NOS. The lowest BCUT2D eigenvalue weighted by molar-refractivity contribution is -0.121. The first-order chi connectivity index (χ1) is 6.33. The first kappa shape index (κ1) is 10.9. The Morgan fingerprint density at radius 1 is 1.62 bits per heavy atom. The largest absolute Gasteiger partial charge is 0.356 e. The van der Waals surface area contributed by atoms with E-state index in [1.54, 1.807) is 0 Å². The highest BCUT2D eigenvalue weighted by atomic mass is 32.2. The third-order valence-corrected chi connectivity index (χ3v) is 3.59. The SMILES string of the molecule is CCCNC(=O)CC1CCCSC1. The Balaban J connectivity index is 2.11. The molecule has 0 spiro atoms. The van der Waals surface area contributed by atoms with E-state index in [9.17, 15) is 4.79 Å². The molecule has 0 radical (unpaired) electrons. The molecule has 0 bridgehead atoms. The van der Waals surface area contributed by atoms with Crippen LogP contribution in [-0.4, -0.2) is 24.0 Å². The zero-order valence-corrected chi connectivity index (χ0v) is 9.16. The maximum atomic E-state index is 11.3. The molecule has 1 fully saturated rings. The van der Waals surface area contributed by atoms with Gasteiger partial charge in [0.05, 0.1) is 0 Å². The summed E-state index contributed by atoms with van der Waals surface area (Å²) >= 11 is 1.99. The Kier molecular flexibility index (Phi) is 5.28. The predicted octanol–water partition coefficient (Wildman–Crippen LogP) is 2.05. The minimum Gasteiger partial charge on any atom is -0.356 e. The molecule has 13 heavy (non-hydrogen) atoms. The summed E-state index contributed by atoms with van der Waals surface area (Å²) in [4.78, 5) is 11.3. The molecule has 1 atom stereocenters. The van der Waals surface area contributed by atoms with E-state index in [0.29, 0.717) is 5.92 Å². The minimum atomic E-state index is 0.245. The van der Waals surface area contributed by atoms with Gasteiger partial charge in [-0.1, -0.05) is 6.92 Å². The molecule has 2 nitrogen and oxygen atoms in total. The van der Waals surface area contributed by atoms with E-state index in [0.717, 1.165) is 19.4 Å². The Morgan fingerprint density at radius 3 is 3.08 bits per heavy atom. The second-order valence-corrected chi connectivity index (χ2v) is 4.79. The lowest BCUT2D eigenvalue weighted by atomic mass is 10.0. The van der Waals surface area contributed by atoms with Gasteiger partial charge in [0.2, 0.25) is 5.91 Å². The minimum absolute atomic E-state index is 0.245. The second-order valence-electron chi connectivity index (χ2n) is 3.64. The number of thioether (sulfide) groups is 1. The fourth-order valence-corrected chi connectivity index (χ4v) is 2.72. The van der Waals surface area contributed by atoms with Crippen molar-refractivity contribution in [1.82, 2.24) is 5.32 Å². The fraction of sp³-hybridized carbons (Fsp3) is 0.900. The van der Waals surface area contributed by atoms with Crippen LogP contribution in [0, 0.1) is 5.92 Å². The summed E-state index contributed by atoms with van der Waals surface area (Å²) in [5, 5.41) is 2.93. The van der Waals surface area contributed by atoms with Crippen molar-refractivity contribution in [2.45, 2.75) is 32.6 Å². The van der Waals surface area contributed by atoms with E-state index < -0.39 is 0 Å².